The summed E-state index contributed by atoms with van der Waals surface area (Å²) in [6.45, 7) is 14.3. The Balaban J connectivity index is 2.16. The summed E-state index contributed by atoms with van der Waals surface area (Å²) < 4.78 is 5.40. The second-order valence-corrected chi connectivity index (χ2v) is 6.98. The SMILES string of the molecule is CCC(C)(C)C(=O)Nc1cc(C)c(C)c(CN2CCOCC2)n1. The van der Waals surface area contributed by atoms with E-state index >= 15 is 0 Å². The third-order valence-electron chi connectivity index (χ3n) is 4.85. The number of aryl methyl sites for hydroxylation is 1. The van der Waals surface area contributed by atoms with Gasteiger partial charge in [-0.2, -0.15) is 0 Å². The van der Waals surface area contributed by atoms with Crippen molar-refractivity contribution in [1.82, 2.24) is 9.88 Å². The van der Waals surface area contributed by atoms with Gasteiger partial charge >= 0.3 is 0 Å². The lowest BCUT2D eigenvalue weighted by Crippen LogP contribution is -2.36. The van der Waals surface area contributed by atoms with Gasteiger partial charge in [-0.3, -0.25) is 9.69 Å². The van der Waals surface area contributed by atoms with Crippen molar-refractivity contribution >= 4 is 11.7 Å². The number of carbonyl (C=O) groups excluding carboxylic acids is 1. The minimum Gasteiger partial charge on any atom is -0.379 e. The molecule has 5 nitrogen and oxygen atoms in total. The zero-order chi connectivity index (χ0) is 17.0. The van der Waals surface area contributed by atoms with Crippen LogP contribution in [-0.4, -0.2) is 42.1 Å². The summed E-state index contributed by atoms with van der Waals surface area (Å²) in [5.74, 6) is 0.677. The Kier molecular flexibility index (Phi) is 5.76. The van der Waals surface area contributed by atoms with Gasteiger partial charge in [0.1, 0.15) is 5.82 Å². The average molecular weight is 319 g/mol. The Morgan fingerprint density at radius 2 is 2.00 bits per heavy atom. The van der Waals surface area contributed by atoms with Crippen molar-refractivity contribution in [1.29, 1.82) is 0 Å². The van der Waals surface area contributed by atoms with E-state index in [-0.39, 0.29) is 11.3 Å². The molecule has 0 atom stereocenters. The topological polar surface area (TPSA) is 54.5 Å². The van der Waals surface area contributed by atoms with E-state index in [0.717, 1.165) is 50.5 Å². The molecule has 5 heteroatoms. The molecule has 0 unspecified atom stereocenters. The Morgan fingerprint density at radius 1 is 1.35 bits per heavy atom. The van der Waals surface area contributed by atoms with Gasteiger partial charge in [0.05, 0.1) is 18.9 Å². The lowest BCUT2D eigenvalue weighted by Gasteiger charge is -2.27. The number of anilines is 1. The van der Waals surface area contributed by atoms with E-state index in [4.69, 9.17) is 9.72 Å². The molecular formula is C18H29N3O2. The van der Waals surface area contributed by atoms with Crippen LogP contribution in [0.4, 0.5) is 5.82 Å². The van der Waals surface area contributed by atoms with E-state index in [0.29, 0.717) is 5.82 Å². The second kappa shape index (κ2) is 7.41. The zero-order valence-electron chi connectivity index (χ0n) is 15.0. The van der Waals surface area contributed by atoms with Gasteiger partial charge in [-0.1, -0.05) is 20.8 Å². The molecule has 1 fully saturated rings. The maximum atomic E-state index is 12.4. The highest BCUT2D eigenvalue weighted by atomic mass is 16.5. The van der Waals surface area contributed by atoms with Crippen LogP contribution in [-0.2, 0) is 16.1 Å². The van der Waals surface area contributed by atoms with Crippen LogP contribution >= 0.6 is 0 Å². The molecule has 0 aromatic carbocycles. The number of morpholine rings is 1. The Bertz CT molecular complexity index is 564. The normalized spacial score (nSPS) is 16.4. The fourth-order valence-electron chi connectivity index (χ4n) is 2.44. The predicted octanol–water partition coefficient (Wildman–Crippen LogP) is 2.91. The molecule has 0 spiro atoms. The minimum atomic E-state index is -0.384. The summed E-state index contributed by atoms with van der Waals surface area (Å²) in [7, 11) is 0. The van der Waals surface area contributed by atoms with Gasteiger partial charge in [0.15, 0.2) is 0 Å². The number of aromatic nitrogens is 1. The number of rotatable bonds is 5. The van der Waals surface area contributed by atoms with E-state index in [1.165, 1.54) is 5.56 Å². The molecular weight excluding hydrogens is 290 g/mol. The van der Waals surface area contributed by atoms with Gasteiger partial charge in [-0.15, -0.1) is 0 Å². The largest absolute Gasteiger partial charge is 0.379 e. The summed E-state index contributed by atoms with van der Waals surface area (Å²) in [4.78, 5) is 19.4. The van der Waals surface area contributed by atoms with Crippen LogP contribution < -0.4 is 5.32 Å². The molecule has 0 aliphatic carbocycles. The van der Waals surface area contributed by atoms with E-state index in [1.54, 1.807) is 0 Å². The molecule has 128 valence electrons. The van der Waals surface area contributed by atoms with Gasteiger partial charge < -0.3 is 10.1 Å². The third kappa shape index (κ3) is 4.52. The van der Waals surface area contributed by atoms with Crippen LogP contribution in [0.3, 0.4) is 0 Å². The van der Waals surface area contributed by atoms with Crippen LogP contribution in [0.2, 0.25) is 0 Å². The predicted molar refractivity (Wildman–Crippen MR) is 92.5 cm³/mol. The fourth-order valence-corrected chi connectivity index (χ4v) is 2.44. The van der Waals surface area contributed by atoms with Gasteiger partial charge in [-0.25, -0.2) is 4.98 Å². The summed E-state index contributed by atoms with van der Waals surface area (Å²) in [6.07, 6.45) is 0.796. The van der Waals surface area contributed by atoms with E-state index in [1.807, 2.05) is 26.8 Å². The number of hydrogen-bond acceptors (Lipinski definition) is 4. The van der Waals surface area contributed by atoms with E-state index in [2.05, 4.69) is 24.1 Å². The van der Waals surface area contributed by atoms with Crippen molar-refractivity contribution in [3.63, 3.8) is 0 Å². The van der Waals surface area contributed by atoms with Gasteiger partial charge in [0, 0.05) is 25.0 Å². The first-order valence-corrected chi connectivity index (χ1v) is 8.42. The molecule has 1 saturated heterocycles. The molecule has 1 aromatic rings. The number of ether oxygens (including phenoxy) is 1. The Labute approximate surface area is 139 Å². The number of hydrogen-bond donors (Lipinski definition) is 1. The molecule has 2 rings (SSSR count). The molecule has 1 amide bonds. The average Bonchev–Trinajstić information content (AvgIpc) is 2.53. The highest BCUT2D eigenvalue weighted by Crippen LogP contribution is 2.23. The summed E-state index contributed by atoms with van der Waals surface area (Å²) in [6, 6.07) is 1.96. The number of carbonyl (C=O) groups is 1. The lowest BCUT2D eigenvalue weighted by atomic mass is 9.89. The van der Waals surface area contributed by atoms with Crippen molar-refractivity contribution < 1.29 is 9.53 Å². The van der Waals surface area contributed by atoms with Crippen LogP contribution in [0.1, 0.15) is 44.0 Å². The second-order valence-electron chi connectivity index (χ2n) is 6.98. The molecule has 0 radical (unpaired) electrons. The van der Waals surface area contributed by atoms with Crippen molar-refractivity contribution in [2.75, 3.05) is 31.6 Å². The maximum absolute atomic E-state index is 12.4. The van der Waals surface area contributed by atoms with Crippen LogP contribution in [0.5, 0.6) is 0 Å². The van der Waals surface area contributed by atoms with Gasteiger partial charge in [0.25, 0.3) is 0 Å². The summed E-state index contributed by atoms with van der Waals surface area (Å²) >= 11 is 0. The maximum Gasteiger partial charge on any atom is 0.231 e. The van der Waals surface area contributed by atoms with Crippen molar-refractivity contribution in [3.8, 4) is 0 Å². The van der Waals surface area contributed by atoms with Gasteiger partial charge in [0.2, 0.25) is 5.91 Å². The van der Waals surface area contributed by atoms with Crippen molar-refractivity contribution in [3.05, 3.63) is 22.9 Å². The molecule has 1 aliphatic rings. The van der Waals surface area contributed by atoms with Gasteiger partial charge in [-0.05, 0) is 37.5 Å². The number of nitrogens with zero attached hydrogens (tertiary/aromatic N) is 2. The highest BCUT2D eigenvalue weighted by molar-refractivity contribution is 5.94. The van der Waals surface area contributed by atoms with Crippen molar-refractivity contribution in [2.24, 2.45) is 5.41 Å². The zero-order valence-corrected chi connectivity index (χ0v) is 15.0. The third-order valence-corrected chi connectivity index (χ3v) is 4.85. The molecule has 1 aromatic heterocycles. The summed E-state index contributed by atoms with van der Waals surface area (Å²) in [5.41, 5.74) is 3.01. The Morgan fingerprint density at radius 3 is 2.61 bits per heavy atom. The van der Waals surface area contributed by atoms with E-state index in [9.17, 15) is 4.79 Å². The Hall–Kier alpha value is -1.46. The number of pyridine rings is 1. The standard InChI is InChI=1S/C18H29N3O2/c1-6-18(4,5)17(22)20-16-11-13(2)14(3)15(19-16)12-21-7-9-23-10-8-21/h11H,6-10,12H2,1-5H3,(H,19,20,22). The van der Waals surface area contributed by atoms with Crippen LogP contribution in [0.25, 0.3) is 0 Å². The molecule has 0 saturated carbocycles. The van der Waals surface area contributed by atoms with Crippen molar-refractivity contribution in [2.45, 2.75) is 47.6 Å². The number of nitrogens with one attached hydrogen (secondary N) is 1. The number of amides is 1. The van der Waals surface area contributed by atoms with Crippen LogP contribution in [0.15, 0.2) is 6.07 Å². The molecule has 1 N–H and O–H groups in total. The van der Waals surface area contributed by atoms with Crippen LogP contribution in [0, 0.1) is 19.3 Å². The smallest absolute Gasteiger partial charge is 0.231 e. The highest BCUT2D eigenvalue weighted by Gasteiger charge is 2.26. The monoisotopic (exact) mass is 319 g/mol. The van der Waals surface area contributed by atoms with E-state index < -0.39 is 0 Å². The lowest BCUT2D eigenvalue weighted by molar-refractivity contribution is -0.124. The molecule has 0 bridgehead atoms. The first kappa shape index (κ1) is 17.9. The molecule has 2 heterocycles. The quantitative estimate of drug-likeness (QED) is 0.906. The fraction of sp³-hybridized carbons (Fsp3) is 0.667. The molecule has 1 aliphatic heterocycles. The first-order chi connectivity index (χ1) is 10.8. The minimum absolute atomic E-state index is 0.0214. The molecule has 23 heavy (non-hydrogen) atoms. The first-order valence-electron chi connectivity index (χ1n) is 8.42. The summed E-state index contributed by atoms with van der Waals surface area (Å²) in [5, 5.41) is 2.99.